The highest BCUT2D eigenvalue weighted by Crippen LogP contribution is 2.26. The summed E-state index contributed by atoms with van der Waals surface area (Å²) in [5.41, 5.74) is 8.46. The number of pyridine rings is 1. The number of hydrogen-bond donors (Lipinski definition) is 1. The molecule has 0 fully saturated rings. The zero-order valence-corrected chi connectivity index (χ0v) is 11.6. The fourth-order valence-corrected chi connectivity index (χ4v) is 2.34. The maximum absolute atomic E-state index is 13.8. The van der Waals surface area contributed by atoms with Gasteiger partial charge in [0, 0.05) is 29.0 Å². The lowest BCUT2D eigenvalue weighted by Crippen LogP contribution is -1.97. The standard InChI is InChI=1S/C14H11BrFN3/c15-10-2-3-12(16)11(5-10)13-8-19-7-9(6-17)1-4-14(19)18-13/h1-5,7-8H,6,17H2. The summed E-state index contributed by atoms with van der Waals surface area (Å²) >= 11 is 3.34. The van der Waals surface area contributed by atoms with Gasteiger partial charge >= 0.3 is 0 Å². The third-order valence-corrected chi connectivity index (χ3v) is 3.45. The number of imidazole rings is 1. The van der Waals surface area contributed by atoms with Gasteiger partial charge in [0.2, 0.25) is 0 Å². The van der Waals surface area contributed by atoms with Crippen LogP contribution < -0.4 is 5.73 Å². The highest BCUT2D eigenvalue weighted by atomic mass is 79.9. The minimum atomic E-state index is -0.286. The third-order valence-electron chi connectivity index (χ3n) is 2.95. The molecule has 3 nitrogen and oxygen atoms in total. The predicted octanol–water partition coefficient (Wildman–Crippen LogP) is 3.36. The molecule has 0 atom stereocenters. The minimum Gasteiger partial charge on any atom is -0.326 e. The summed E-state index contributed by atoms with van der Waals surface area (Å²) in [6.07, 6.45) is 3.71. The molecule has 3 aromatic rings. The number of nitrogens with zero attached hydrogens (tertiary/aromatic N) is 2. The second-order valence-electron chi connectivity index (χ2n) is 4.26. The molecule has 0 saturated heterocycles. The molecule has 0 aliphatic carbocycles. The first kappa shape index (κ1) is 12.3. The van der Waals surface area contributed by atoms with E-state index in [1.54, 1.807) is 18.3 Å². The van der Waals surface area contributed by atoms with Gasteiger partial charge in [-0.2, -0.15) is 0 Å². The SMILES string of the molecule is NCc1ccc2nc(-c3cc(Br)ccc3F)cn2c1. The van der Waals surface area contributed by atoms with Gasteiger partial charge in [-0.25, -0.2) is 9.37 Å². The van der Waals surface area contributed by atoms with Gasteiger partial charge in [0.05, 0.1) is 5.69 Å². The second kappa shape index (κ2) is 4.75. The van der Waals surface area contributed by atoms with E-state index in [2.05, 4.69) is 20.9 Å². The first-order chi connectivity index (χ1) is 9.17. The molecule has 0 unspecified atom stereocenters. The molecule has 3 rings (SSSR count). The average Bonchev–Trinajstić information content (AvgIpc) is 2.83. The Balaban J connectivity index is 2.17. The summed E-state index contributed by atoms with van der Waals surface area (Å²) < 4.78 is 16.5. The van der Waals surface area contributed by atoms with Crippen LogP contribution in [0, 0.1) is 5.82 Å². The summed E-state index contributed by atoms with van der Waals surface area (Å²) in [6, 6.07) is 8.61. The van der Waals surface area contributed by atoms with Crippen LogP contribution in [0.25, 0.3) is 16.9 Å². The summed E-state index contributed by atoms with van der Waals surface area (Å²) in [7, 11) is 0. The maximum Gasteiger partial charge on any atom is 0.137 e. The molecule has 96 valence electrons. The highest BCUT2D eigenvalue weighted by molar-refractivity contribution is 9.10. The lowest BCUT2D eigenvalue weighted by molar-refractivity contribution is 0.630. The first-order valence-corrected chi connectivity index (χ1v) is 6.60. The largest absolute Gasteiger partial charge is 0.326 e. The fraction of sp³-hybridized carbons (Fsp3) is 0.0714. The van der Waals surface area contributed by atoms with Crippen molar-refractivity contribution in [2.75, 3.05) is 0 Å². The normalized spacial score (nSPS) is 11.1. The van der Waals surface area contributed by atoms with E-state index in [9.17, 15) is 4.39 Å². The Morgan fingerprint density at radius 3 is 2.84 bits per heavy atom. The lowest BCUT2D eigenvalue weighted by Gasteiger charge is -1.99. The molecular formula is C14H11BrFN3. The van der Waals surface area contributed by atoms with Crippen molar-refractivity contribution < 1.29 is 4.39 Å². The van der Waals surface area contributed by atoms with Crippen LogP contribution in [0.2, 0.25) is 0 Å². The minimum absolute atomic E-state index is 0.286. The van der Waals surface area contributed by atoms with Gasteiger partial charge < -0.3 is 10.1 Å². The third kappa shape index (κ3) is 2.27. The van der Waals surface area contributed by atoms with Crippen molar-refractivity contribution in [2.24, 2.45) is 5.73 Å². The summed E-state index contributed by atoms with van der Waals surface area (Å²) in [5.74, 6) is -0.286. The molecule has 0 amide bonds. The van der Waals surface area contributed by atoms with E-state index in [1.807, 2.05) is 22.7 Å². The second-order valence-corrected chi connectivity index (χ2v) is 5.17. The molecule has 0 radical (unpaired) electrons. The van der Waals surface area contributed by atoms with Gasteiger partial charge in [0.25, 0.3) is 0 Å². The van der Waals surface area contributed by atoms with Crippen molar-refractivity contribution in [2.45, 2.75) is 6.54 Å². The van der Waals surface area contributed by atoms with E-state index in [4.69, 9.17) is 5.73 Å². The van der Waals surface area contributed by atoms with E-state index >= 15 is 0 Å². The quantitative estimate of drug-likeness (QED) is 0.787. The number of nitrogens with two attached hydrogens (primary N) is 1. The zero-order chi connectivity index (χ0) is 13.4. The summed E-state index contributed by atoms with van der Waals surface area (Å²) in [5, 5.41) is 0. The Hall–Kier alpha value is -1.72. The number of aromatic nitrogens is 2. The molecule has 2 heterocycles. The van der Waals surface area contributed by atoms with Gasteiger partial charge in [-0.05, 0) is 29.8 Å². The smallest absolute Gasteiger partial charge is 0.137 e. The number of benzene rings is 1. The Bertz CT molecular complexity index is 752. The van der Waals surface area contributed by atoms with Crippen LogP contribution >= 0.6 is 15.9 Å². The van der Waals surface area contributed by atoms with Gasteiger partial charge in [0.1, 0.15) is 11.5 Å². The van der Waals surface area contributed by atoms with Crippen LogP contribution in [0.15, 0.2) is 47.2 Å². The molecule has 0 saturated carbocycles. The molecule has 5 heteroatoms. The Morgan fingerprint density at radius 2 is 2.05 bits per heavy atom. The van der Waals surface area contributed by atoms with Gasteiger partial charge in [-0.15, -0.1) is 0 Å². The Morgan fingerprint density at radius 1 is 1.21 bits per heavy atom. The van der Waals surface area contributed by atoms with Gasteiger partial charge in [-0.1, -0.05) is 22.0 Å². The number of fused-ring (bicyclic) bond motifs is 1. The van der Waals surface area contributed by atoms with Crippen LogP contribution in [0.1, 0.15) is 5.56 Å². The molecule has 0 bridgehead atoms. The van der Waals surface area contributed by atoms with Crippen molar-refractivity contribution in [3.05, 3.63) is 58.6 Å². The number of rotatable bonds is 2. The molecule has 2 N–H and O–H groups in total. The summed E-state index contributed by atoms with van der Waals surface area (Å²) in [4.78, 5) is 4.42. The number of hydrogen-bond acceptors (Lipinski definition) is 2. The van der Waals surface area contributed by atoms with Crippen LogP contribution in [0.5, 0.6) is 0 Å². The molecule has 19 heavy (non-hydrogen) atoms. The van der Waals surface area contributed by atoms with Gasteiger partial charge in [0.15, 0.2) is 0 Å². The van der Waals surface area contributed by atoms with Crippen LogP contribution in [-0.4, -0.2) is 9.38 Å². The Kier molecular flexibility index (Phi) is 3.08. The van der Waals surface area contributed by atoms with Crippen molar-refractivity contribution in [1.29, 1.82) is 0 Å². The highest BCUT2D eigenvalue weighted by Gasteiger charge is 2.10. The van der Waals surface area contributed by atoms with E-state index in [0.29, 0.717) is 17.8 Å². The van der Waals surface area contributed by atoms with E-state index in [0.717, 1.165) is 15.7 Å². The summed E-state index contributed by atoms with van der Waals surface area (Å²) in [6.45, 7) is 0.467. The average molecular weight is 320 g/mol. The lowest BCUT2D eigenvalue weighted by atomic mass is 10.1. The number of halogens is 2. The van der Waals surface area contributed by atoms with E-state index in [-0.39, 0.29) is 5.82 Å². The molecule has 0 spiro atoms. The monoisotopic (exact) mass is 319 g/mol. The first-order valence-electron chi connectivity index (χ1n) is 5.80. The molecule has 0 aliphatic heterocycles. The molecule has 1 aromatic carbocycles. The Labute approximate surface area is 118 Å². The molecule has 2 aromatic heterocycles. The maximum atomic E-state index is 13.8. The molecule has 0 aliphatic rings. The molecular weight excluding hydrogens is 309 g/mol. The van der Waals surface area contributed by atoms with E-state index in [1.165, 1.54) is 6.07 Å². The van der Waals surface area contributed by atoms with Crippen molar-refractivity contribution in [3.63, 3.8) is 0 Å². The van der Waals surface area contributed by atoms with Gasteiger partial charge in [-0.3, -0.25) is 0 Å². The van der Waals surface area contributed by atoms with E-state index < -0.39 is 0 Å². The van der Waals surface area contributed by atoms with Crippen LogP contribution in [0.3, 0.4) is 0 Å². The topological polar surface area (TPSA) is 43.3 Å². The van der Waals surface area contributed by atoms with Crippen molar-refractivity contribution in [3.8, 4) is 11.3 Å². The fourth-order valence-electron chi connectivity index (χ4n) is 1.98. The zero-order valence-electron chi connectivity index (χ0n) is 9.98. The van der Waals surface area contributed by atoms with Crippen molar-refractivity contribution in [1.82, 2.24) is 9.38 Å². The van der Waals surface area contributed by atoms with Crippen LogP contribution in [0.4, 0.5) is 4.39 Å². The van der Waals surface area contributed by atoms with Crippen molar-refractivity contribution >= 4 is 21.6 Å². The van der Waals surface area contributed by atoms with Crippen LogP contribution in [-0.2, 0) is 6.54 Å². The predicted molar refractivity (Wildman–Crippen MR) is 76.2 cm³/mol.